The Hall–Kier alpha value is -2.15. The lowest BCUT2D eigenvalue weighted by Gasteiger charge is -2.07. The highest BCUT2D eigenvalue weighted by Gasteiger charge is 2.16. The van der Waals surface area contributed by atoms with Crippen molar-refractivity contribution in [3.63, 3.8) is 0 Å². The van der Waals surface area contributed by atoms with Gasteiger partial charge in [0.1, 0.15) is 11.8 Å². The fraction of sp³-hybridized carbons (Fsp3) is 0.385. The topological polar surface area (TPSA) is 87.4 Å². The molecule has 3 aromatic heterocycles. The third-order valence-electron chi connectivity index (χ3n) is 3.44. The molecule has 0 aromatic carbocycles. The van der Waals surface area contributed by atoms with E-state index < -0.39 is 0 Å². The van der Waals surface area contributed by atoms with Gasteiger partial charge in [0.15, 0.2) is 11.5 Å². The fourth-order valence-electron chi connectivity index (χ4n) is 2.34. The van der Waals surface area contributed by atoms with Crippen LogP contribution < -0.4 is 5.73 Å². The standard InChI is InChI=1S/C13H16ClN7/c1-3-8-10(14)9(21(4-2)19-8)5-20-7-18-11-12(15)16-6-17-13(11)20/h6-7H,3-5H2,1-2H3,(H2,15,16,17). The first-order valence-electron chi connectivity index (χ1n) is 6.81. The van der Waals surface area contributed by atoms with Gasteiger partial charge in [-0.15, -0.1) is 0 Å². The van der Waals surface area contributed by atoms with E-state index in [1.165, 1.54) is 6.33 Å². The molecular formula is C13H16ClN7. The number of halogens is 1. The average Bonchev–Trinajstić information content (AvgIpc) is 3.03. The largest absolute Gasteiger partial charge is 0.382 e. The Bertz CT molecular complexity index is 789. The van der Waals surface area contributed by atoms with E-state index in [-0.39, 0.29) is 0 Å². The second-order valence-electron chi connectivity index (χ2n) is 4.68. The number of nitrogens with two attached hydrogens (primary N) is 1. The zero-order chi connectivity index (χ0) is 15.0. The van der Waals surface area contributed by atoms with Crippen LogP contribution in [-0.2, 0) is 19.5 Å². The molecule has 0 fully saturated rings. The molecule has 0 aliphatic heterocycles. The number of aryl methyl sites for hydroxylation is 2. The van der Waals surface area contributed by atoms with Gasteiger partial charge in [0, 0.05) is 6.54 Å². The van der Waals surface area contributed by atoms with Crippen LogP contribution in [0, 0.1) is 0 Å². The first-order chi connectivity index (χ1) is 10.2. The van der Waals surface area contributed by atoms with Crippen molar-refractivity contribution in [2.75, 3.05) is 5.73 Å². The number of aromatic nitrogens is 6. The zero-order valence-electron chi connectivity index (χ0n) is 11.9. The molecule has 0 saturated carbocycles. The molecule has 0 bridgehead atoms. The van der Waals surface area contributed by atoms with Gasteiger partial charge in [-0.05, 0) is 13.3 Å². The first kappa shape index (κ1) is 13.8. The van der Waals surface area contributed by atoms with Crippen LogP contribution in [-0.4, -0.2) is 29.3 Å². The maximum absolute atomic E-state index is 6.43. The molecule has 3 rings (SSSR count). The maximum atomic E-state index is 6.43. The van der Waals surface area contributed by atoms with Crippen LogP contribution in [0.2, 0.25) is 5.02 Å². The summed E-state index contributed by atoms with van der Waals surface area (Å²) in [6, 6.07) is 0. The third-order valence-corrected chi connectivity index (χ3v) is 3.88. The van der Waals surface area contributed by atoms with E-state index in [0.717, 1.165) is 24.4 Å². The van der Waals surface area contributed by atoms with Crippen LogP contribution in [0.1, 0.15) is 25.2 Å². The minimum absolute atomic E-state index is 0.378. The maximum Gasteiger partial charge on any atom is 0.165 e. The van der Waals surface area contributed by atoms with Crippen molar-refractivity contribution in [2.45, 2.75) is 33.4 Å². The summed E-state index contributed by atoms with van der Waals surface area (Å²) >= 11 is 6.43. The first-order valence-corrected chi connectivity index (χ1v) is 7.18. The minimum atomic E-state index is 0.378. The normalized spacial score (nSPS) is 11.4. The molecule has 0 aliphatic rings. The number of nitrogen functional groups attached to an aromatic ring is 1. The van der Waals surface area contributed by atoms with Crippen LogP contribution in [0.4, 0.5) is 5.82 Å². The van der Waals surface area contributed by atoms with E-state index in [0.29, 0.717) is 28.5 Å². The highest BCUT2D eigenvalue weighted by Crippen LogP contribution is 2.24. The Kier molecular flexibility index (Phi) is 3.50. The molecule has 3 aromatic rings. The molecule has 0 saturated heterocycles. The van der Waals surface area contributed by atoms with E-state index in [4.69, 9.17) is 17.3 Å². The molecule has 21 heavy (non-hydrogen) atoms. The van der Waals surface area contributed by atoms with E-state index in [2.05, 4.69) is 20.1 Å². The number of nitrogens with zero attached hydrogens (tertiary/aromatic N) is 6. The van der Waals surface area contributed by atoms with Crippen molar-refractivity contribution in [3.8, 4) is 0 Å². The van der Waals surface area contributed by atoms with Crippen molar-refractivity contribution >= 4 is 28.6 Å². The predicted molar refractivity (Wildman–Crippen MR) is 81.1 cm³/mol. The van der Waals surface area contributed by atoms with Crippen molar-refractivity contribution in [1.29, 1.82) is 0 Å². The molecule has 0 radical (unpaired) electrons. The molecule has 0 spiro atoms. The molecular weight excluding hydrogens is 290 g/mol. The van der Waals surface area contributed by atoms with Crippen LogP contribution in [0.15, 0.2) is 12.7 Å². The van der Waals surface area contributed by atoms with Crippen molar-refractivity contribution < 1.29 is 0 Å². The van der Waals surface area contributed by atoms with Crippen molar-refractivity contribution in [3.05, 3.63) is 29.1 Å². The summed E-state index contributed by atoms with van der Waals surface area (Å²) in [5.41, 5.74) is 8.96. The quantitative estimate of drug-likeness (QED) is 0.795. The highest BCUT2D eigenvalue weighted by atomic mass is 35.5. The summed E-state index contributed by atoms with van der Waals surface area (Å²) in [7, 11) is 0. The van der Waals surface area contributed by atoms with Gasteiger partial charge in [-0.3, -0.25) is 4.68 Å². The second kappa shape index (κ2) is 5.33. The summed E-state index contributed by atoms with van der Waals surface area (Å²) in [5, 5.41) is 5.23. The lowest BCUT2D eigenvalue weighted by atomic mass is 10.3. The van der Waals surface area contributed by atoms with E-state index in [1.54, 1.807) is 6.33 Å². The number of anilines is 1. The Morgan fingerprint density at radius 3 is 2.76 bits per heavy atom. The molecule has 0 aliphatic carbocycles. The molecule has 8 heteroatoms. The van der Waals surface area contributed by atoms with Gasteiger partial charge in [0.25, 0.3) is 0 Å². The van der Waals surface area contributed by atoms with Crippen LogP contribution in [0.25, 0.3) is 11.2 Å². The molecule has 2 N–H and O–H groups in total. The lowest BCUT2D eigenvalue weighted by molar-refractivity contribution is 0.597. The summed E-state index contributed by atoms with van der Waals surface area (Å²) in [6.45, 7) is 5.39. The van der Waals surface area contributed by atoms with Gasteiger partial charge in [-0.2, -0.15) is 5.10 Å². The SMILES string of the molecule is CCc1nn(CC)c(Cn2cnc3c(N)ncnc32)c1Cl. The summed E-state index contributed by atoms with van der Waals surface area (Å²) in [5.74, 6) is 0.378. The molecule has 110 valence electrons. The Morgan fingerprint density at radius 1 is 1.24 bits per heavy atom. The molecule has 7 nitrogen and oxygen atoms in total. The van der Waals surface area contributed by atoms with Crippen molar-refractivity contribution in [2.24, 2.45) is 0 Å². The summed E-state index contributed by atoms with van der Waals surface area (Å²) in [6.07, 6.45) is 3.94. The van der Waals surface area contributed by atoms with E-state index in [1.807, 2.05) is 23.1 Å². The third kappa shape index (κ3) is 2.23. The van der Waals surface area contributed by atoms with Gasteiger partial charge in [-0.1, -0.05) is 18.5 Å². The van der Waals surface area contributed by atoms with Crippen LogP contribution >= 0.6 is 11.6 Å². The smallest absolute Gasteiger partial charge is 0.165 e. The summed E-state index contributed by atoms with van der Waals surface area (Å²) < 4.78 is 3.82. The van der Waals surface area contributed by atoms with Gasteiger partial charge in [0.2, 0.25) is 0 Å². The molecule has 0 amide bonds. The van der Waals surface area contributed by atoms with Crippen LogP contribution in [0.3, 0.4) is 0 Å². The van der Waals surface area contributed by atoms with Gasteiger partial charge >= 0.3 is 0 Å². The number of hydrogen-bond acceptors (Lipinski definition) is 5. The minimum Gasteiger partial charge on any atom is -0.382 e. The fourth-order valence-corrected chi connectivity index (χ4v) is 2.67. The monoisotopic (exact) mass is 305 g/mol. The second-order valence-corrected chi connectivity index (χ2v) is 5.06. The Balaban J connectivity index is 2.07. The van der Waals surface area contributed by atoms with Gasteiger partial charge in [0.05, 0.1) is 29.3 Å². The number of hydrogen-bond donors (Lipinski definition) is 1. The molecule has 0 atom stereocenters. The molecule has 3 heterocycles. The van der Waals surface area contributed by atoms with Crippen LogP contribution in [0.5, 0.6) is 0 Å². The molecule has 0 unspecified atom stereocenters. The van der Waals surface area contributed by atoms with Crippen molar-refractivity contribution in [1.82, 2.24) is 29.3 Å². The zero-order valence-corrected chi connectivity index (χ0v) is 12.7. The Labute approximate surface area is 126 Å². The number of imidazole rings is 1. The van der Waals surface area contributed by atoms with E-state index >= 15 is 0 Å². The number of fused-ring (bicyclic) bond motifs is 1. The average molecular weight is 306 g/mol. The number of rotatable bonds is 4. The predicted octanol–water partition coefficient (Wildman–Crippen LogP) is 1.89. The van der Waals surface area contributed by atoms with E-state index in [9.17, 15) is 0 Å². The summed E-state index contributed by atoms with van der Waals surface area (Å²) in [4.78, 5) is 12.5. The van der Waals surface area contributed by atoms with Gasteiger partial charge < -0.3 is 10.3 Å². The van der Waals surface area contributed by atoms with Gasteiger partial charge in [-0.25, -0.2) is 15.0 Å². The highest BCUT2D eigenvalue weighted by molar-refractivity contribution is 6.31. The Morgan fingerprint density at radius 2 is 2.05 bits per heavy atom. The lowest BCUT2D eigenvalue weighted by Crippen LogP contribution is -2.08.